The van der Waals surface area contributed by atoms with Crippen molar-refractivity contribution in [2.75, 3.05) is 0 Å². The first kappa shape index (κ1) is 9.92. The fourth-order valence-corrected chi connectivity index (χ4v) is 2.56. The van der Waals surface area contributed by atoms with Gasteiger partial charge in [0.2, 0.25) is 0 Å². The van der Waals surface area contributed by atoms with Gasteiger partial charge in [-0.3, -0.25) is 4.79 Å². The number of aromatic nitrogens is 1. The monoisotopic (exact) mass is 223 g/mol. The molecular formula is C10H9NO3S. The van der Waals surface area contributed by atoms with Crippen LogP contribution in [0, 0.1) is 6.92 Å². The maximum absolute atomic E-state index is 11.5. The molecule has 0 saturated carbocycles. The first-order valence-electron chi connectivity index (χ1n) is 4.34. The van der Waals surface area contributed by atoms with Crippen molar-refractivity contribution in [3.05, 3.63) is 32.9 Å². The molecule has 15 heavy (non-hydrogen) atoms. The first-order valence-corrected chi connectivity index (χ1v) is 5.16. The van der Waals surface area contributed by atoms with Crippen LogP contribution in [0.4, 0.5) is 0 Å². The van der Waals surface area contributed by atoms with E-state index in [1.54, 1.807) is 7.05 Å². The summed E-state index contributed by atoms with van der Waals surface area (Å²) in [5.41, 5.74) is 0.478. The Morgan fingerprint density at radius 2 is 2.13 bits per heavy atom. The summed E-state index contributed by atoms with van der Waals surface area (Å²) in [5.74, 6) is -1.06. The molecule has 1 N–H and O–H groups in total. The van der Waals surface area contributed by atoms with Crippen LogP contribution in [-0.4, -0.2) is 15.6 Å². The van der Waals surface area contributed by atoms with Gasteiger partial charge in [0.25, 0.3) is 5.56 Å². The number of carboxylic acids is 1. The van der Waals surface area contributed by atoms with Crippen molar-refractivity contribution >= 4 is 27.5 Å². The SMILES string of the molecule is Cc1cc2c(s1)c(C(=O)O)cc(=O)n2C. The molecule has 2 aromatic rings. The van der Waals surface area contributed by atoms with Gasteiger partial charge in [-0.15, -0.1) is 11.3 Å². The second-order valence-electron chi connectivity index (χ2n) is 3.33. The molecule has 0 aliphatic carbocycles. The number of thiophene rings is 1. The zero-order valence-corrected chi connectivity index (χ0v) is 9.09. The predicted octanol–water partition coefficient (Wildman–Crippen LogP) is 1.61. The molecule has 0 aliphatic heterocycles. The first-order chi connectivity index (χ1) is 7.00. The maximum Gasteiger partial charge on any atom is 0.337 e. The van der Waals surface area contributed by atoms with Gasteiger partial charge in [-0.1, -0.05) is 0 Å². The van der Waals surface area contributed by atoms with Gasteiger partial charge in [0.1, 0.15) is 0 Å². The highest BCUT2D eigenvalue weighted by atomic mass is 32.1. The third-order valence-electron chi connectivity index (χ3n) is 2.27. The van der Waals surface area contributed by atoms with Crippen molar-refractivity contribution in [3.8, 4) is 0 Å². The van der Waals surface area contributed by atoms with Gasteiger partial charge in [0, 0.05) is 18.0 Å². The van der Waals surface area contributed by atoms with Gasteiger partial charge >= 0.3 is 5.97 Å². The van der Waals surface area contributed by atoms with Crippen LogP contribution >= 0.6 is 11.3 Å². The van der Waals surface area contributed by atoms with Crippen molar-refractivity contribution in [1.29, 1.82) is 0 Å². The van der Waals surface area contributed by atoms with E-state index in [1.165, 1.54) is 22.0 Å². The summed E-state index contributed by atoms with van der Waals surface area (Å²) in [7, 11) is 1.64. The van der Waals surface area contributed by atoms with Gasteiger partial charge in [-0.05, 0) is 13.0 Å². The molecule has 4 nitrogen and oxygen atoms in total. The zero-order valence-electron chi connectivity index (χ0n) is 8.27. The van der Waals surface area contributed by atoms with Crippen LogP contribution in [-0.2, 0) is 7.05 Å². The van der Waals surface area contributed by atoms with Crippen molar-refractivity contribution in [1.82, 2.24) is 4.57 Å². The molecule has 0 fully saturated rings. The minimum Gasteiger partial charge on any atom is -0.478 e. The summed E-state index contributed by atoms with van der Waals surface area (Å²) in [6.45, 7) is 1.89. The number of aryl methyl sites for hydroxylation is 2. The van der Waals surface area contributed by atoms with Crippen molar-refractivity contribution < 1.29 is 9.90 Å². The van der Waals surface area contributed by atoms with E-state index in [2.05, 4.69) is 0 Å². The number of pyridine rings is 1. The van der Waals surface area contributed by atoms with Crippen LogP contribution in [0.2, 0.25) is 0 Å². The number of rotatable bonds is 1. The Morgan fingerprint density at radius 3 is 2.73 bits per heavy atom. The molecule has 2 heterocycles. The minimum absolute atomic E-state index is 0.0891. The Bertz CT molecular complexity index is 609. The van der Waals surface area contributed by atoms with Crippen LogP contribution in [0.15, 0.2) is 16.9 Å². The molecule has 0 atom stereocenters. The van der Waals surface area contributed by atoms with Gasteiger partial charge in [-0.2, -0.15) is 0 Å². The van der Waals surface area contributed by atoms with E-state index >= 15 is 0 Å². The summed E-state index contributed by atoms with van der Waals surface area (Å²) in [4.78, 5) is 23.4. The van der Waals surface area contributed by atoms with Crippen molar-refractivity contribution in [2.24, 2.45) is 7.05 Å². The number of hydrogen-bond donors (Lipinski definition) is 1. The topological polar surface area (TPSA) is 59.3 Å². The maximum atomic E-state index is 11.5. The number of nitrogens with zero attached hydrogens (tertiary/aromatic N) is 1. The molecule has 5 heteroatoms. The molecule has 0 amide bonds. The lowest BCUT2D eigenvalue weighted by Gasteiger charge is -2.01. The second-order valence-corrected chi connectivity index (χ2v) is 4.59. The molecule has 78 valence electrons. The number of aromatic carboxylic acids is 1. The van der Waals surface area contributed by atoms with Crippen LogP contribution in [0.3, 0.4) is 0 Å². The zero-order chi connectivity index (χ0) is 11.2. The van der Waals surface area contributed by atoms with E-state index in [1.807, 2.05) is 13.0 Å². The molecule has 0 bridgehead atoms. The van der Waals surface area contributed by atoms with E-state index in [-0.39, 0.29) is 11.1 Å². The van der Waals surface area contributed by atoms with E-state index in [9.17, 15) is 9.59 Å². The van der Waals surface area contributed by atoms with Crippen LogP contribution in [0.5, 0.6) is 0 Å². The fourth-order valence-electron chi connectivity index (χ4n) is 1.51. The molecule has 0 aromatic carbocycles. The average Bonchev–Trinajstić information content (AvgIpc) is 2.53. The second kappa shape index (κ2) is 3.20. The Balaban J connectivity index is 3.00. The quantitative estimate of drug-likeness (QED) is 0.799. The average molecular weight is 223 g/mol. The molecule has 2 rings (SSSR count). The van der Waals surface area contributed by atoms with E-state index in [0.717, 1.165) is 4.88 Å². The molecule has 2 aromatic heterocycles. The summed E-state index contributed by atoms with van der Waals surface area (Å²) in [6.07, 6.45) is 0. The standard InChI is InChI=1S/C10H9NO3S/c1-5-3-7-9(15-5)6(10(13)14)4-8(12)11(7)2/h3-4H,1-2H3,(H,13,14). The van der Waals surface area contributed by atoms with Gasteiger partial charge in [-0.25, -0.2) is 4.79 Å². The Morgan fingerprint density at radius 1 is 1.47 bits per heavy atom. The summed E-state index contributed by atoms with van der Waals surface area (Å²) < 4.78 is 2.12. The van der Waals surface area contributed by atoms with E-state index in [0.29, 0.717) is 10.2 Å². The smallest absolute Gasteiger partial charge is 0.337 e. The predicted molar refractivity (Wildman–Crippen MR) is 58.8 cm³/mol. The largest absolute Gasteiger partial charge is 0.478 e. The van der Waals surface area contributed by atoms with Crippen molar-refractivity contribution in [2.45, 2.75) is 6.92 Å². The minimum atomic E-state index is -1.06. The van der Waals surface area contributed by atoms with Crippen molar-refractivity contribution in [3.63, 3.8) is 0 Å². The fraction of sp³-hybridized carbons (Fsp3) is 0.200. The highest BCUT2D eigenvalue weighted by Crippen LogP contribution is 2.26. The summed E-state index contributed by atoms with van der Waals surface area (Å²) in [5, 5.41) is 8.97. The third-order valence-corrected chi connectivity index (χ3v) is 3.34. The van der Waals surface area contributed by atoms with Crippen LogP contribution in [0.25, 0.3) is 10.2 Å². The highest BCUT2D eigenvalue weighted by molar-refractivity contribution is 7.19. The van der Waals surface area contributed by atoms with Crippen LogP contribution in [0.1, 0.15) is 15.2 Å². The number of fused-ring (bicyclic) bond motifs is 1. The molecule has 0 spiro atoms. The molecular weight excluding hydrogens is 214 g/mol. The third kappa shape index (κ3) is 1.45. The lowest BCUT2D eigenvalue weighted by molar-refractivity contribution is 0.0699. The Hall–Kier alpha value is -1.62. The molecule has 0 unspecified atom stereocenters. The van der Waals surface area contributed by atoms with E-state index in [4.69, 9.17) is 5.11 Å². The molecule has 0 radical (unpaired) electrons. The lowest BCUT2D eigenvalue weighted by Crippen LogP contribution is -2.17. The molecule has 0 saturated heterocycles. The normalized spacial score (nSPS) is 10.8. The Kier molecular flexibility index (Phi) is 2.12. The number of hydrogen-bond acceptors (Lipinski definition) is 3. The van der Waals surface area contributed by atoms with Gasteiger partial charge in [0.05, 0.1) is 15.8 Å². The summed E-state index contributed by atoms with van der Waals surface area (Å²) >= 11 is 1.39. The van der Waals surface area contributed by atoms with Crippen LogP contribution < -0.4 is 5.56 Å². The highest BCUT2D eigenvalue weighted by Gasteiger charge is 2.14. The summed E-state index contributed by atoms with van der Waals surface area (Å²) in [6, 6.07) is 2.99. The van der Waals surface area contributed by atoms with Gasteiger partial charge < -0.3 is 9.67 Å². The van der Waals surface area contributed by atoms with Gasteiger partial charge in [0.15, 0.2) is 0 Å². The molecule has 0 aliphatic rings. The van der Waals surface area contributed by atoms with E-state index < -0.39 is 5.97 Å². The number of carbonyl (C=O) groups is 1. The number of carboxylic acid groups (broad SMARTS) is 1. The Labute approximate surface area is 89.4 Å². The lowest BCUT2D eigenvalue weighted by atomic mass is 10.2.